The normalized spacial score (nSPS) is 31.2. The Labute approximate surface area is 123 Å². The summed E-state index contributed by atoms with van der Waals surface area (Å²) >= 11 is 0. The van der Waals surface area contributed by atoms with Crippen molar-refractivity contribution in [2.24, 2.45) is 0 Å². The minimum Gasteiger partial charge on any atom is -0.462 e. The molecule has 0 saturated carbocycles. The fourth-order valence-corrected chi connectivity index (χ4v) is 2.33. The van der Waals surface area contributed by atoms with Crippen molar-refractivity contribution < 1.29 is 29.6 Å². The van der Waals surface area contributed by atoms with Crippen molar-refractivity contribution in [3.05, 3.63) is 33.1 Å². The van der Waals surface area contributed by atoms with E-state index in [-0.39, 0.29) is 6.61 Å². The molecule has 122 valence electrons. The zero-order chi connectivity index (χ0) is 16.5. The summed E-state index contributed by atoms with van der Waals surface area (Å²) in [6.45, 7) is 0.731. The van der Waals surface area contributed by atoms with Crippen molar-refractivity contribution in [1.29, 1.82) is 0 Å². The van der Waals surface area contributed by atoms with Crippen LogP contribution < -0.4 is 11.2 Å². The molecule has 0 radical (unpaired) electrons. The number of nitrogens with one attached hydrogen (secondary N) is 1. The van der Waals surface area contributed by atoms with Crippen LogP contribution in [0.25, 0.3) is 0 Å². The molecule has 10 nitrogen and oxygen atoms in total. The SMILES string of the molecule is CCOC(=O)[C@]1(n2ccc(=O)[nH]c2=O)O[C@@H](CO)C(O)C1O. The van der Waals surface area contributed by atoms with Gasteiger partial charge in [-0.15, -0.1) is 0 Å². The smallest absolute Gasteiger partial charge is 0.363 e. The van der Waals surface area contributed by atoms with Crippen LogP contribution in [-0.4, -0.2) is 62.4 Å². The lowest BCUT2D eigenvalue weighted by Gasteiger charge is -2.30. The maximum Gasteiger partial charge on any atom is 0.363 e. The topological polar surface area (TPSA) is 151 Å². The highest BCUT2D eigenvalue weighted by molar-refractivity contribution is 5.78. The molecule has 1 aliphatic rings. The number of nitrogens with zero attached hydrogens (tertiary/aromatic N) is 1. The molecule has 4 atom stereocenters. The monoisotopic (exact) mass is 316 g/mol. The van der Waals surface area contributed by atoms with Crippen LogP contribution in [-0.2, 0) is 20.0 Å². The van der Waals surface area contributed by atoms with Gasteiger partial charge in [0.05, 0.1) is 13.2 Å². The number of hydrogen-bond acceptors (Lipinski definition) is 8. The van der Waals surface area contributed by atoms with E-state index in [4.69, 9.17) is 14.6 Å². The quantitative estimate of drug-likeness (QED) is 0.426. The van der Waals surface area contributed by atoms with Gasteiger partial charge in [-0.2, -0.15) is 0 Å². The predicted molar refractivity (Wildman–Crippen MR) is 69.9 cm³/mol. The average molecular weight is 316 g/mol. The van der Waals surface area contributed by atoms with Crippen LogP contribution in [0.1, 0.15) is 6.92 Å². The largest absolute Gasteiger partial charge is 0.462 e. The summed E-state index contributed by atoms with van der Waals surface area (Å²) in [5, 5.41) is 29.3. The summed E-state index contributed by atoms with van der Waals surface area (Å²) in [6, 6.07) is 0.942. The Bertz CT molecular complexity index is 668. The van der Waals surface area contributed by atoms with Crippen molar-refractivity contribution in [2.75, 3.05) is 13.2 Å². The first-order chi connectivity index (χ1) is 10.4. The molecule has 10 heteroatoms. The second-order valence-corrected chi connectivity index (χ2v) is 4.67. The van der Waals surface area contributed by atoms with E-state index in [0.717, 1.165) is 12.3 Å². The van der Waals surface area contributed by atoms with Crippen molar-refractivity contribution in [3.63, 3.8) is 0 Å². The van der Waals surface area contributed by atoms with Gasteiger partial charge in [0.2, 0.25) is 0 Å². The number of aromatic nitrogens is 2. The van der Waals surface area contributed by atoms with E-state index in [9.17, 15) is 24.6 Å². The number of rotatable bonds is 4. The summed E-state index contributed by atoms with van der Waals surface area (Å²) in [5.41, 5.74) is -4.15. The standard InChI is InChI=1S/C12H16N2O8/c1-2-21-10(19)12(9(18)8(17)6(5-15)22-12)14-4-3-7(16)13-11(14)20/h3-4,6,8-9,15,17-18H,2,5H2,1H3,(H,13,16,20)/t6-,8?,9?,12+/m0/s1. The van der Waals surface area contributed by atoms with Gasteiger partial charge in [-0.1, -0.05) is 0 Å². The highest BCUT2D eigenvalue weighted by Crippen LogP contribution is 2.35. The molecule has 2 heterocycles. The Morgan fingerprint density at radius 2 is 2.18 bits per heavy atom. The van der Waals surface area contributed by atoms with Gasteiger partial charge in [0.15, 0.2) is 0 Å². The summed E-state index contributed by atoms with van der Waals surface area (Å²) in [4.78, 5) is 37.3. The number of aliphatic hydroxyl groups is 3. The Hall–Kier alpha value is -2.01. The summed E-state index contributed by atoms with van der Waals surface area (Å²) in [6.07, 6.45) is -3.88. The van der Waals surface area contributed by atoms with Crippen LogP contribution in [0.4, 0.5) is 0 Å². The van der Waals surface area contributed by atoms with Crippen LogP contribution in [0.15, 0.2) is 21.9 Å². The highest BCUT2D eigenvalue weighted by atomic mass is 16.6. The number of H-pyrrole nitrogens is 1. The van der Waals surface area contributed by atoms with Crippen LogP contribution in [0, 0.1) is 0 Å². The minimum atomic E-state index is -2.40. The van der Waals surface area contributed by atoms with Gasteiger partial charge in [0, 0.05) is 12.3 Å². The number of esters is 1. The molecule has 0 bridgehead atoms. The van der Waals surface area contributed by atoms with Crippen molar-refractivity contribution >= 4 is 5.97 Å². The van der Waals surface area contributed by atoms with Gasteiger partial charge in [0.1, 0.15) is 18.3 Å². The van der Waals surface area contributed by atoms with E-state index in [2.05, 4.69) is 0 Å². The average Bonchev–Trinajstić information content (AvgIpc) is 2.73. The molecular formula is C12H16N2O8. The second-order valence-electron chi connectivity index (χ2n) is 4.67. The molecule has 1 fully saturated rings. The molecule has 2 rings (SSSR count). The third-order valence-corrected chi connectivity index (χ3v) is 3.37. The molecule has 4 N–H and O–H groups in total. The van der Waals surface area contributed by atoms with Gasteiger partial charge in [-0.25, -0.2) is 9.59 Å². The van der Waals surface area contributed by atoms with Gasteiger partial charge in [0.25, 0.3) is 11.3 Å². The van der Waals surface area contributed by atoms with E-state index < -0.39 is 47.9 Å². The number of aliphatic hydroxyl groups excluding tert-OH is 3. The number of carbonyl (C=O) groups is 1. The summed E-state index contributed by atoms with van der Waals surface area (Å²) < 4.78 is 10.7. The summed E-state index contributed by atoms with van der Waals surface area (Å²) in [5.74, 6) is -1.13. The molecule has 0 aliphatic carbocycles. The molecule has 0 aromatic carbocycles. The van der Waals surface area contributed by atoms with Crippen LogP contribution in [0.2, 0.25) is 0 Å². The fourth-order valence-electron chi connectivity index (χ4n) is 2.33. The molecule has 1 aliphatic heterocycles. The van der Waals surface area contributed by atoms with Crippen molar-refractivity contribution in [2.45, 2.75) is 31.0 Å². The third kappa shape index (κ3) is 2.35. The lowest BCUT2D eigenvalue weighted by atomic mass is 10.0. The minimum absolute atomic E-state index is 0.0747. The van der Waals surface area contributed by atoms with E-state index in [1.807, 2.05) is 4.98 Å². The van der Waals surface area contributed by atoms with E-state index >= 15 is 0 Å². The van der Waals surface area contributed by atoms with Gasteiger partial charge >= 0.3 is 11.7 Å². The maximum absolute atomic E-state index is 12.3. The number of hydrogen-bond donors (Lipinski definition) is 4. The fraction of sp³-hybridized carbons (Fsp3) is 0.583. The van der Waals surface area contributed by atoms with Crippen molar-refractivity contribution in [3.8, 4) is 0 Å². The van der Waals surface area contributed by atoms with E-state index in [1.165, 1.54) is 6.92 Å². The van der Waals surface area contributed by atoms with E-state index in [1.54, 1.807) is 0 Å². The number of carbonyl (C=O) groups excluding carboxylic acids is 1. The van der Waals surface area contributed by atoms with Gasteiger partial charge in [-0.05, 0) is 6.92 Å². The van der Waals surface area contributed by atoms with Gasteiger partial charge < -0.3 is 24.8 Å². The van der Waals surface area contributed by atoms with Crippen molar-refractivity contribution in [1.82, 2.24) is 9.55 Å². The van der Waals surface area contributed by atoms with Crippen LogP contribution in [0.3, 0.4) is 0 Å². The summed E-state index contributed by atoms with van der Waals surface area (Å²) in [7, 11) is 0. The highest BCUT2D eigenvalue weighted by Gasteiger charge is 2.62. The zero-order valence-electron chi connectivity index (χ0n) is 11.6. The first-order valence-corrected chi connectivity index (χ1v) is 6.53. The lowest BCUT2D eigenvalue weighted by molar-refractivity contribution is -0.201. The maximum atomic E-state index is 12.3. The lowest BCUT2D eigenvalue weighted by Crippen LogP contribution is -2.57. The molecule has 2 unspecified atom stereocenters. The number of ether oxygens (including phenoxy) is 2. The second kappa shape index (κ2) is 6.01. The van der Waals surface area contributed by atoms with Crippen LogP contribution >= 0.6 is 0 Å². The molecule has 0 amide bonds. The zero-order valence-corrected chi connectivity index (χ0v) is 11.6. The van der Waals surface area contributed by atoms with Crippen LogP contribution in [0.5, 0.6) is 0 Å². The predicted octanol–water partition coefficient (Wildman–Crippen LogP) is -3.13. The Balaban J connectivity index is 2.64. The Morgan fingerprint density at radius 1 is 1.50 bits per heavy atom. The molecule has 1 aromatic rings. The number of aromatic amines is 1. The molecule has 1 saturated heterocycles. The third-order valence-electron chi connectivity index (χ3n) is 3.37. The van der Waals surface area contributed by atoms with Gasteiger partial charge in [-0.3, -0.25) is 14.3 Å². The van der Waals surface area contributed by atoms with E-state index in [0.29, 0.717) is 4.57 Å². The first-order valence-electron chi connectivity index (χ1n) is 6.53. The molecule has 22 heavy (non-hydrogen) atoms. The Morgan fingerprint density at radius 3 is 2.68 bits per heavy atom. The molecule has 0 spiro atoms. The molecule has 1 aromatic heterocycles. The Kier molecular flexibility index (Phi) is 4.47. The first kappa shape index (κ1) is 16.4. The molecular weight excluding hydrogens is 300 g/mol.